The SMILES string of the molecule is COC1=C(C)C(=O)C2=C(C1=O)[C@@H]1CO[C@@H]3[C@@H]4C[C@H]5[C@@H](N4)[C@H]([C@H]2N2CCO[C@H]52)N31. The largest absolute Gasteiger partial charge is 0.492 e. The molecule has 8 atom stereocenters. The molecule has 148 valence electrons. The molecule has 0 spiro atoms. The van der Waals surface area contributed by atoms with Crippen LogP contribution in [-0.2, 0) is 23.8 Å². The van der Waals surface area contributed by atoms with Crippen molar-refractivity contribution in [2.45, 2.75) is 56.0 Å². The van der Waals surface area contributed by atoms with E-state index >= 15 is 0 Å². The highest BCUT2D eigenvalue weighted by atomic mass is 16.5. The van der Waals surface area contributed by atoms with Crippen LogP contribution < -0.4 is 5.32 Å². The fraction of sp³-hybridized carbons (Fsp3) is 0.700. The second kappa shape index (κ2) is 5.12. The zero-order valence-electron chi connectivity index (χ0n) is 15.9. The molecule has 1 aliphatic carbocycles. The normalized spacial score (nSPS) is 49.1. The summed E-state index contributed by atoms with van der Waals surface area (Å²) >= 11 is 0. The van der Waals surface area contributed by atoms with Crippen molar-refractivity contribution in [2.24, 2.45) is 5.92 Å². The van der Waals surface area contributed by atoms with Crippen LogP contribution in [0, 0.1) is 5.92 Å². The quantitative estimate of drug-likeness (QED) is 0.586. The van der Waals surface area contributed by atoms with Gasteiger partial charge in [-0.3, -0.25) is 19.4 Å². The molecule has 0 saturated carbocycles. The van der Waals surface area contributed by atoms with Crippen LogP contribution in [0.25, 0.3) is 0 Å². The summed E-state index contributed by atoms with van der Waals surface area (Å²) in [7, 11) is 1.47. The Morgan fingerprint density at radius 1 is 1.14 bits per heavy atom. The van der Waals surface area contributed by atoms with Gasteiger partial charge in [-0.1, -0.05) is 0 Å². The van der Waals surface area contributed by atoms with E-state index in [1.165, 1.54) is 7.11 Å². The number of fused-ring (bicyclic) bond motifs is 7. The zero-order valence-corrected chi connectivity index (χ0v) is 15.9. The monoisotopic (exact) mass is 385 g/mol. The lowest BCUT2D eigenvalue weighted by molar-refractivity contribution is -0.133. The van der Waals surface area contributed by atoms with Gasteiger partial charge >= 0.3 is 0 Å². The van der Waals surface area contributed by atoms with Gasteiger partial charge in [0.25, 0.3) is 0 Å². The van der Waals surface area contributed by atoms with E-state index in [0.717, 1.165) is 13.0 Å². The van der Waals surface area contributed by atoms with Crippen molar-refractivity contribution >= 4 is 11.6 Å². The van der Waals surface area contributed by atoms with E-state index in [2.05, 4.69) is 15.1 Å². The number of nitrogens with one attached hydrogen (secondary N) is 1. The van der Waals surface area contributed by atoms with Crippen molar-refractivity contribution in [3.05, 3.63) is 22.5 Å². The van der Waals surface area contributed by atoms with Crippen molar-refractivity contribution in [3.8, 4) is 0 Å². The van der Waals surface area contributed by atoms with Gasteiger partial charge in [-0.05, 0) is 13.3 Å². The smallest absolute Gasteiger partial charge is 0.226 e. The van der Waals surface area contributed by atoms with E-state index in [-0.39, 0.29) is 60.0 Å². The lowest BCUT2D eigenvalue weighted by Gasteiger charge is -2.58. The Morgan fingerprint density at radius 3 is 2.82 bits per heavy atom. The Bertz CT molecular complexity index is 896. The van der Waals surface area contributed by atoms with E-state index < -0.39 is 0 Å². The number of piperidine rings is 1. The molecule has 7 rings (SSSR count). The Kier molecular flexibility index (Phi) is 2.97. The number of Topliss-reactive ketones (excluding diaryl/α,β-unsaturated/α-hetero) is 2. The van der Waals surface area contributed by atoms with Gasteiger partial charge in [-0.2, -0.15) is 0 Å². The highest BCUT2D eigenvalue weighted by molar-refractivity contribution is 6.25. The number of ether oxygens (including phenoxy) is 3. The number of rotatable bonds is 1. The Morgan fingerprint density at radius 2 is 2.00 bits per heavy atom. The number of allylic oxidation sites excluding steroid dienone is 2. The predicted molar refractivity (Wildman–Crippen MR) is 95.0 cm³/mol. The van der Waals surface area contributed by atoms with E-state index in [0.29, 0.717) is 35.9 Å². The standard InChI is InChI=1S/C20H23N3O5/c1-7-16(24)12-11(17(25)18(7)26-2)10-6-28-20-9-5-8-13(21-9)15(23(10)20)14(12)22-3-4-27-19(8)22/h8-10,13-15,19-21H,3-6H2,1-2H3/t8-,9-,10-,13+,14-,15+,19+,20+/m0/s1. The first-order chi connectivity index (χ1) is 13.6. The first kappa shape index (κ1) is 16.2. The molecule has 6 aliphatic heterocycles. The molecule has 0 aromatic heterocycles. The Balaban J connectivity index is 1.48. The molecule has 0 aromatic carbocycles. The van der Waals surface area contributed by atoms with Crippen LogP contribution in [0.3, 0.4) is 0 Å². The molecule has 0 radical (unpaired) electrons. The van der Waals surface area contributed by atoms with Crippen LogP contribution in [0.2, 0.25) is 0 Å². The van der Waals surface area contributed by atoms with E-state index in [4.69, 9.17) is 14.2 Å². The fourth-order valence-electron chi connectivity index (χ4n) is 7.16. The third kappa shape index (κ3) is 1.60. The lowest BCUT2D eigenvalue weighted by atomic mass is 9.70. The van der Waals surface area contributed by atoms with Crippen LogP contribution in [0.15, 0.2) is 22.5 Å². The Labute approximate surface area is 162 Å². The maximum Gasteiger partial charge on any atom is 0.226 e. The van der Waals surface area contributed by atoms with Gasteiger partial charge in [0.05, 0.1) is 32.4 Å². The minimum absolute atomic E-state index is 0.00471. The van der Waals surface area contributed by atoms with Crippen molar-refractivity contribution in [1.29, 1.82) is 0 Å². The first-order valence-electron chi connectivity index (χ1n) is 10.2. The predicted octanol–water partition coefficient (Wildman–Crippen LogP) is -0.835. The summed E-state index contributed by atoms with van der Waals surface area (Å²) in [5, 5.41) is 3.79. The van der Waals surface area contributed by atoms with Gasteiger partial charge in [-0.25, -0.2) is 0 Å². The molecule has 0 unspecified atom stereocenters. The Hall–Kier alpha value is -1.58. The highest BCUT2D eigenvalue weighted by Gasteiger charge is 2.69. The average molecular weight is 385 g/mol. The topological polar surface area (TPSA) is 80.3 Å². The van der Waals surface area contributed by atoms with Gasteiger partial charge in [0.1, 0.15) is 12.5 Å². The summed E-state index contributed by atoms with van der Waals surface area (Å²) in [6, 6.07) is 0.339. The number of methoxy groups -OCH3 is 1. The minimum Gasteiger partial charge on any atom is -0.492 e. The molecule has 2 bridgehead atoms. The van der Waals surface area contributed by atoms with Crippen LogP contribution >= 0.6 is 0 Å². The molecular formula is C20H23N3O5. The van der Waals surface area contributed by atoms with Crippen LogP contribution in [-0.4, -0.2) is 90.9 Å². The van der Waals surface area contributed by atoms with Crippen molar-refractivity contribution in [2.75, 3.05) is 26.9 Å². The fourth-order valence-corrected chi connectivity index (χ4v) is 7.16. The summed E-state index contributed by atoms with van der Waals surface area (Å²) in [5.41, 5.74) is 1.68. The number of carbonyl (C=O) groups excluding carboxylic acids is 2. The summed E-state index contributed by atoms with van der Waals surface area (Å²) in [5.74, 6) is 0.383. The molecule has 0 aromatic rings. The first-order valence-corrected chi connectivity index (χ1v) is 10.2. The molecule has 8 heteroatoms. The summed E-state index contributed by atoms with van der Waals surface area (Å²) in [6.07, 6.45) is 0.967. The molecule has 8 nitrogen and oxygen atoms in total. The molecule has 7 aliphatic rings. The molecule has 0 amide bonds. The number of hydrogen-bond acceptors (Lipinski definition) is 8. The van der Waals surface area contributed by atoms with Crippen molar-refractivity contribution in [3.63, 3.8) is 0 Å². The van der Waals surface area contributed by atoms with Gasteiger partial charge in [-0.15, -0.1) is 0 Å². The van der Waals surface area contributed by atoms with Gasteiger partial charge in [0, 0.05) is 47.3 Å². The second-order valence-corrected chi connectivity index (χ2v) is 8.96. The van der Waals surface area contributed by atoms with E-state index in [9.17, 15) is 9.59 Å². The molecule has 6 heterocycles. The van der Waals surface area contributed by atoms with Crippen LogP contribution in [0.4, 0.5) is 0 Å². The number of hydrogen-bond donors (Lipinski definition) is 1. The summed E-state index contributed by atoms with van der Waals surface area (Å²) in [4.78, 5) is 31.7. The van der Waals surface area contributed by atoms with E-state index in [1.54, 1.807) is 6.92 Å². The minimum atomic E-state index is -0.165. The number of nitrogens with zero attached hydrogens (tertiary/aromatic N) is 2. The lowest BCUT2D eigenvalue weighted by Crippen LogP contribution is -2.76. The second-order valence-electron chi connectivity index (χ2n) is 8.96. The van der Waals surface area contributed by atoms with Gasteiger partial charge < -0.3 is 19.5 Å². The summed E-state index contributed by atoms with van der Waals surface area (Å²) < 4.78 is 17.7. The van der Waals surface area contributed by atoms with Crippen LogP contribution in [0.5, 0.6) is 0 Å². The van der Waals surface area contributed by atoms with Crippen LogP contribution in [0.1, 0.15) is 13.3 Å². The summed E-state index contributed by atoms with van der Waals surface area (Å²) in [6.45, 7) is 3.63. The van der Waals surface area contributed by atoms with E-state index in [1.807, 2.05) is 0 Å². The molecule has 28 heavy (non-hydrogen) atoms. The number of piperazine rings is 1. The third-order valence-electron chi connectivity index (χ3n) is 8.04. The third-order valence-corrected chi connectivity index (χ3v) is 8.04. The molecule has 5 saturated heterocycles. The molecule has 5 fully saturated rings. The maximum absolute atomic E-state index is 13.5. The van der Waals surface area contributed by atoms with Gasteiger partial charge in [0.2, 0.25) is 5.78 Å². The average Bonchev–Trinajstić information content (AvgIpc) is 3.40. The highest BCUT2D eigenvalue weighted by Crippen LogP contribution is 2.54. The van der Waals surface area contributed by atoms with Gasteiger partial charge in [0.15, 0.2) is 11.5 Å². The molecule has 1 N–H and O–H groups in total. The number of ketones is 2. The zero-order chi connectivity index (χ0) is 18.9. The maximum atomic E-state index is 13.5. The molecular weight excluding hydrogens is 362 g/mol. The number of carbonyl (C=O) groups is 2. The van der Waals surface area contributed by atoms with Crippen molar-refractivity contribution in [1.82, 2.24) is 15.1 Å². The van der Waals surface area contributed by atoms with Crippen molar-refractivity contribution < 1.29 is 23.8 Å².